The minimum absolute atomic E-state index is 0.0947. The molecule has 0 amide bonds. The van der Waals surface area contributed by atoms with Crippen LogP contribution in [0.4, 0.5) is 0 Å². The number of thiazole rings is 1. The number of nitrogens with zero attached hydrogens (tertiary/aromatic N) is 2. The molecular weight excluding hydrogens is 536 g/mol. The highest BCUT2D eigenvalue weighted by Gasteiger charge is 2.35. The molecule has 0 bridgehead atoms. The Morgan fingerprint density at radius 3 is 2.44 bits per heavy atom. The second-order valence-corrected chi connectivity index (χ2v) is 10.9. The van der Waals surface area contributed by atoms with Crippen LogP contribution < -0.4 is 24.4 Å². The number of hydrogen-bond acceptors (Lipinski definition) is 7. The van der Waals surface area contributed by atoms with Crippen LogP contribution in [0.3, 0.4) is 0 Å². The zero-order valence-electron chi connectivity index (χ0n) is 23.5. The third-order valence-corrected chi connectivity index (χ3v) is 7.50. The van der Waals surface area contributed by atoms with Crippen LogP contribution in [0.2, 0.25) is 0 Å². The summed E-state index contributed by atoms with van der Waals surface area (Å²) in [5.41, 5.74) is 3.24. The van der Waals surface area contributed by atoms with Gasteiger partial charge in [0, 0.05) is 5.56 Å². The van der Waals surface area contributed by atoms with E-state index in [2.05, 4.69) is 4.99 Å². The van der Waals surface area contributed by atoms with E-state index in [1.165, 1.54) is 11.3 Å². The van der Waals surface area contributed by atoms with E-state index >= 15 is 0 Å². The number of rotatable bonds is 9. The van der Waals surface area contributed by atoms with Crippen LogP contribution in [-0.4, -0.2) is 23.2 Å². The zero-order chi connectivity index (χ0) is 28.9. The van der Waals surface area contributed by atoms with Crippen molar-refractivity contribution in [2.24, 2.45) is 4.99 Å². The van der Waals surface area contributed by atoms with E-state index < -0.39 is 12.0 Å². The Labute approximate surface area is 242 Å². The molecule has 0 unspecified atom stereocenters. The van der Waals surface area contributed by atoms with Gasteiger partial charge in [0.05, 0.1) is 28.5 Å². The van der Waals surface area contributed by atoms with Crippen LogP contribution in [-0.2, 0) is 16.1 Å². The summed E-state index contributed by atoms with van der Waals surface area (Å²) in [5.74, 6) is 0.840. The van der Waals surface area contributed by atoms with Crippen molar-refractivity contribution in [3.63, 3.8) is 0 Å². The van der Waals surface area contributed by atoms with Gasteiger partial charge in [-0.15, -0.1) is 0 Å². The fourth-order valence-corrected chi connectivity index (χ4v) is 5.75. The maximum absolute atomic E-state index is 13.9. The van der Waals surface area contributed by atoms with Crippen molar-refractivity contribution in [3.05, 3.63) is 127 Å². The second kappa shape index (κ2) is 12.4. The second-order valence-electron chi connectivity index (χ2n) is 9.85. The summed E-state index contributed by atoms with van der Waals surface area (Å²) >= 11 is 1.29. The van der Waals surface area contributed by atoms with Crippen molar-refractivity contribution in [1.82, 2.24) is 4.57 Å². The lowest BCUT2D eigenvalue weighted by Gasteiger charge is -2.26. The first-order valence-corrected chi connectivity index (χ1v) is 14.4. The first-order valence-electron chi connectivity index (χ1n) is 13.6. The predicted molar refractivity (Wildman–Crippen MR) is 160 cm³/mol. The first kappa shape index (κ1) is 28.1. The molecule has 0 saturated carbocycles. The monoisotopic (exact) mass is 568 g/mol. The fraction of sp³-hybridized carbons (Fsp3) is 0.242. The van der Waals surface area contributed by atoms with Crippen LogP contribution >= 0.6 is 11.3 Å². The van der Waals surface area contributed by atoms with E-state index in [0.717, 1.165) is 16.9 Å². The Bertz CT molecular complexity index is 1750. The molecule has 8 heteroatoms. The summed E-state index contributed by atoms with van der Waals surface area (Å²) in [7, 11) is 0. The van der Waals surface area contributed by atoms with Crippen LogP contribution in [0.15, 0.2) is 99.9 Å². The first-order chi connectivity index (χ1) is 19.9. The standard InChI is InChI=1S/C33H32N2O5S/c1-5-38-32(37)29-22(4)34-33-35(30(29)26-13-9-10-14-27(26)40-21(2)3)31(36)28(41-33)19-23-15-17-25(18-16-23)39-20-24-11-7-6-8-12-24/h6-19,21,30H,5,20H2,1-4H3/b28-19+/t30-/m1/s1. The fourth-order valence-electron chi connectivity index (χ4n) is 4.71. The number of carbonyl (C=O) groups is 1. The van der Waals surface area contributed by atoms with Crippen molar-refractivity contribution >= 4 is 23.4 Å². The van der Waals surface area contributed by atoms with Gasteiger partial charge in [0.2, 0.25) is 0 Å². The average molecular weight is 569 g/mol. The van der Waals surface area contributed by atoms with Crippen molar-refractivity contribution in [2.45, 2.75) is 46.4 Å². The smallest absolute Gasteiger partial charge is 0.338 e. The molecule has 1 atom stereocenters. The molecule has 0 fully saturated rings. The molecule has 1 aliphatic heterocycles. The minimum atomic E-state index is -0.740. The molecule has 4 aromatic rings. The van der Waals surface area contributed by atoms with Crippen molar-refractivity contribution in [1.29, 1.82) is 0 Å². The van der Waals surface area contributed by atoms with E-state index in [4.69, 9.17) is 14.2 Å². The molecule has 0 radical (unpaired) electrons. The Morgan fingerprint density at radius 1 is 1.02 bits per heavy atom. The van der Waals surface area contributed by atoms with Gasteiger partial charge >= 0.3 is 5.97 Å². The number of allylic oxidation sites excluding steroid dienone is 1. The van der Waals surface area contributed by atoms with Gasteiger partial charge in [0.1, 0.15) is 24.1 Å². The maximum atomic E-state index is 13.9. The van der Waals surface area contributed by atoms with Gasteiger partial charge < -0.3 is 14.2 Å². The van der Waals surface area contributed by atoms with Gasteiger partial charge in [0.25, 0.3) is 5.56 Å². The van der Waals surface area contributed by atoms with Crippen LogP contribution in [0.1, 0.15) is 50.4 Å². The van der Waals surface area contributed by atoms with Crippen LogP contribution in [0, 0.1) is 0 Å². The van der Waals surface area contributed by atoms with E-state index in [1.807, 2.05) is 98.8 Å². The third-order valence-electron chi connectivity index (χ3n) is 6.52. The Hall–Kier alpha value is -4.43. The molecular formula is C33H32N2O5S. The summed E-state index contributed by atoms with van der Waals surface area (Å²) in [6.07, 6.45) is 1.74. The van der Waals surface area contributed by atoms with Crippen molar-refractivity contribution < 1.29 is 19.0 Å². The van der Waals surface area contributed by atoms with E-state index in [9.17, 15) is 9.59 Å². The lowest BCUT2D eigenvalue weighted by Crippen LogP contribution is -2.40. The Kier molecular flexibility index (Phi) is 8.50. The number of ether oxygens (including phenoxy) is 3. The SMILES string of the molecule is CCOC(=O)C1=C(C)N=c2s/c(=C/c3ccc(OCc4ccccc4)cc3)c(=O)n2[C@@H]1c1ccccc1OC(C)C. The number of aromatic nitrogens is 1. The number of esters is 1. The molecule has 2 heterocycles. The summed E-state index contributed by atoms with van der Waals surface area (Å²) in [4.78, 5) is 32.3. The van der Waals surface area contributed by atoms with Crippen LogP contribution in [0.25, 0.3) is 6.08 Å². The molecule has 0 saturated heterocycles. The van der Waals surface area contributed by atoms with E-state index in [1.54, 1.807) is 18.4 Å². The number of para-hydroxylation sites is 1. The maximum Gasteiger partial charge on any atom is 0.338 e. The van der Waals surface area contributed by atoms with Crippen molar-refractivity contribution in [2.75, 3.05) is 6.61 Å². The largest absolute Gasteiger partial charge is 0.491 e. The molecule has 0 spiro atoms. The quantitative estimate of drug-likeness (QED) is 0.261. The predicted octanol–water partition coefficient (Wildman–Crippen LogP) is 5.16. The molecule has 5 rings (SSSR count). The summed E-state index contributed by atoms with van der Waals surface area (Å²) in [6, 6.07) is 24.3. The van der Waals surface area contributed by atoms with Gasteiger partial charge in [-0.1, -0.05) is 72.0 Å². The van der Waals surface area contributed by atoms with Gasteiger partial charge in [-0.25, -0.2) is 9.79 Å². The number of fused-ring (bicyclic) bond motifs is 1. The summed E-state index contributed by atoms with van der Waals surface area (Å²) < 4.78 is 19.5. The number of benzene rings is 3. The molecule has 0 aliphatic carbocycles. The number of hydrogen-bond donors (Lipinski definition) is 0. The Morgan fingerprint density at radius 2 is 1.73 bits per heavy atom. The summed E-state index contributed by atoms with van der Waals surface area (Å²) in [5, 5.41) is 0. The van der Waals surface area contributed by atoms with Gasteiger partial charge in [0.15, 0.2) is 4.80 Å². The zero-order valence-corrected chi connectivity index (χ0v) is 24.3. The molecule has 7 nitrogen and oxygen atoms in total. The molecule has 1 aromatic heterocycles. The minimum Gasteiger partial charge on any atom is -0.491 e. The van der Waals surface area contributed by atoms with Gasteiger partial charge in [-0.2, -0.15) is 0 Å². The Balaban J connectivity index is 1.55. The normalized spacial score (nSPS) is 15.0. The highest BCUT2D eigenvalue weighted by molar-refractivity contribution is 7.07. The third kappa shape index (κ3) is 6.18. The average Bonchev–Trinajstić information content (AvgIpc) is 3.26. The van der Waals surface area contributed by atoms with E-state index in [0.29, 0.717) is 38.5 Å². The molecule has 3 aromatic carbocycles. The molecule has 210 valence electrons. The van der Waals surface area contributed by atoms with Gasteiger partial charge in [-0.3, -0.25) is 9.36 Å². The van der Waals surface area contributed by atoms with E-state index in [-0.39, 0.29) is 18.3 Å². The summed E-state index contributed by atoms with van der Waals surface area (Å²) in [6.45, 7) is 8.09. The topological polar surface area (TPSA) is 79.1 Å². The lowest BCUT2D eigenvalue weighted by atomic mass is 9.95. The highest BCUT2D eigenvalue weighted by Crippen LogP contribution is 2.36. The van der Waals surface area contributed by atoms with Gasteiger partial charge in [-0.05, 0) is 63.1 Å². The highest BCUT2D eigenvalue weighted by atomic mass is 32.1. The molecule has 41 heavy (non-hydrogen) atoms. The van der Waals surface area contributed by atoms with Crippen molar-refractivity contribution in [3.8, 4) is 11.5 Å². The molecule has 1 aliphatic rings. The molecule has 0 N–H and O–H groups in total. The van der Waals surface area contributed by atoms with Crippen LogP contribution in [0.5, 0.6) is 11.5 Å². The lowest BCUT2D eigenvalue weighted by molar-refractivity contribution is -0.139. The number of carbonyl (C=O) groups excluding carboxylic acids is 1.